The highest BCUT2D eigenvalue weighted by atomic mass is 16.5. The van der Waals surface area contributed by atoms with Gasteiger partial charge < -0.3 is 15.4 Å². The fourth-order valence-electron chi connectivity index (χ4n) is 1.93. The van der Waals surface area contributed by atoms with Crippen molar-refractivity contribution in [3.05, 3.63) is 18.2 Å². The highest BCUT2D eigenvalue weighted by Gasteiger charge is 2.21. The third-order valence-electron chi connectivity index (χ3n) is 2.99. The van der Waals surface area contributed by atoms with Gasteiger partial charge in [-0.05, 0) is 31.4 Å². The van der Waals surface area contributed by atoms with Gasteiger partial charge in [-0.3, -0.25) is 0 Å². The maximum absolute atomic E-state index is 5.83. The van der Waals surface area contributed by atoms with Gasteiger partial charge in [-0.25, -0.2) is 0 Å². The zero-order valence-corrected chi connectivity index (χ0v) is 12.6. The summed E-state index contributed by atoms with van der Waals surface area (Å²) in [6.45, 7) is 11.7. The van der Waals surface area contributed by atoms with E-state index >= 15 is 0 Å². The molecule has 0 aromatic carbocycles. The average molecular weight is 265 g/mol. The van der Waals surface area contributed by atoms with E-state index in [0.717, 1.165) is 25.3 Å². The molecule has 19 heavy (non-hydrogen) atoms. The van der Waals surface area contributed by atoms with Crippen LogP contribution in [0.1, 0.15) is 34.1 Å². The second-order valence-corrected chi connectivity index (χ2v) is 5.56. The molecule has 0 bridgehead atoms. The van der Waals surface area contributed by atoms with Gasteiger partial charge in [0.15, 0.2) is 0 Å². The molecule has 0 fully saturated rings. The third-order valence-corrected chi connectivity index (χ3v) is 2.99. The molecule has 0 radical (unpaired) electrons. The molecule has 0 amide bonds. The van der Waals surface area contributed by atoms with Crippen LogP contribution in [-0.2, 0) is 0 Å². The number of pyridine rings is 1. The van der Waals surface area contributed by atoms with Gasteiger partial charge in [0.2, 0.25) is 5.88 Å². The van der Waals surface area contributed by atoms with Crippen LogP contribution >= 0.6 is 0 Å². The second-order valence-electron chi connectivity index (χ2n) is 5.56. The van der Waals surface area contributed by atoms with E-state index in [1.807, 2.05) is 25.1 Å². The molecule has 0 spiro atoms. The van der Waals surface area contributed by atoms with Crippen molar-refractivity contribution in [2.75, 3.05) is 31.1 Å². The normalized spacial score (nSPS) is 11.4. The molecule has 1 heterocycles. The van der Waals surface area contributed by atoms with Crippen LogP contribution < -0.4 is 15.4 Å². The van der Waals surface area contributed by atoms with Crippen LogP contribution in [0.15, 0.2) is 18.2 Å². The Balaban J connectivity index is 2.88. The summed E-state index contributed by atoms with van der Waals surface area (Å²) in [6, 6.07) is 5.92. The Morgan fingerprint density at radius 2 is 2.05 bits per heavy atom. The van der Waals surface area contributed by atoms with Crippen LogP contribution in [0.3, 0.4) is 0 Å². The average Bonchev–Trinajstić information content (AvgIpc) is 2.39. The summed E-state index contributed by atoms with van der Waals surface area (Å²) in [5, 5.41) is 0. The molecule has 108 valence electrons. The van der Waals surface area contributed by atoms with Crippen molar-refractivity contribution >= 4 is 5.82 Å². The largest absolute Gasteiger partial charge is 0.478 e. The van der Waals surface area contributed by atoms with Gasteiger partial charge in [-0.2, -0.15) is 4.98 Å². The van der Waals surface area contributed by atoms with Crippen molar-refractivity contribution in [2.24, 2.45) is 11.1 Å². The topological polar surface area (TPSA) is 51.4 Å². The summed E-state index contributed by atoms with van der Waals surface area (Å²) >= 11 is 0. The maximum Gasteiger partial charge on any atom is 0.215 e. The van der Waals surface area contributed by atoms with Crippen LogP contribution in [-0.4, -0.2) is 31.2 Å². The first-order valence-electron chi connectivity index (χ1n) is 7.07. The number of nitrogens with two attached hydrogens (primary N) is 1. The number of ether oxygens (including phenoxy) is 1. The number of anilines is 1. The number of rotatable bonds is 8. The Kier molecular flexibility index (Phi) is 6.09. The first-order chi connectivity index (χ1) is 9.02. The Hall–Kier alpha value is -1.29. The van der Waals surface area contributed by atoms with E-state index in [1.54, 1.807) is 0 Å². The minimum Gasteiger partial charge on any atom is -0.478 e. The van der Waals surface area contributed by atoms with E-state index in [-0.39, 0.29) is 5.41 Å². The Morgan fingerprint density at radius 3 is 2.63 bits per heavy atom. The van der Waals surface area contributed by atoms with Crippen molar-refractivity contribution in [1.29, 1.82) is 0 Å². The van der Waals surface area contributed by atoms with Gasteiger partial charge in [-0.1, -0.05) is 26.8 Å². The van der Waals surface area contributed by atoms with Crippen molar-refractivity contribution in [3.63, 3.8) is 0 Å². The molecule has 0 atom stereocenters. The highest BCUT2D eigenvalue weighted by molar-refractivity contribution is 5.41. The molecule has 0 aliphatic carbocycles. The van der Waals surface area contributed by atoms with Gasteiger partial charge in [0.1, 0.15) is 5.82 Å². The van der Waals surface area contributed by atoms with Crippen LogP contribution in [0, 0.1) is 5.41 Å². The van der Waals surface area contributed by atoms with E-state index < -0.39 is 0 Å². The lowest BCUT2D eigenvalue weighted by Gasteiger charge is -2.32. The molecule has 4 nitrogen and oxygen atoms in total. The number of hydrogen-bond acceptors (Lipinski definition) is 4. The van der Waals surface area contributed by atoms with Crippen LogP contribution in [0.4, 0.5) is 5.82 Å². The molecule has 0 saturated heterocycles. The molecule has 0 aliphatic heterocycles. The van der Waals surface area contributed by atoms with E-state index in [9.17, 15) is 0 Å². The van der Waals surface area contributed by atoms with Crippen molar-refractivity contribution < 1.29 is 4.74 Å². The van der Waals surface area contributed by atoms with Gasteiger partial charge >= 0.3 is 0 Å². The third kappa shape index (κ3) is 5.07. The molecule has 2 N–H and O–H groups in total. The zero-order valence-electron chi connectivity index (χ0n) is 12.6. The molecule has 4 heteroatoms. The number of hydrogen-bond donors (Lipinski definition) is 1. The van der Waals surface area contributed by atoms with Gasteiger partial charge in [0, 0.05) is 19.2 Å². The molecular weight excluding hydrogens is 238 g/mol. The van der Waals surface area contributed by atoms with E-state index in [4.69, 9.17) is 10.5 Å². The summed E-state index contributed by atoms with van der Waals surface area (Å²) in [4.78, 5) is 6.85. The van der Waals surface area contributed by atoms with E-state index in [1.165, 1.54) is 0 Å². The van der Waals surface area contributed by atoms with Gasteiger partial charge in [-0.15, -0.1) is 0 Å². The van der Waals surface area contributed by atoms with E-state index in [2.05, 4.69) is 30.7 Å². The molecule has 0 aliphatic rings. The van der Waals surface area contributed by atoms with Gasteiger partial charge in [0.25, 0.3) is 0 Å². The van der Waals surface area contributed by atoms with Crippen LogP contribution in [0.25, 0.3) is 0 Å². The first kappa shape index (κ1) is 15.8. The second kappa shape index (κ2) is 7.34. The summed E-state index contributed by atoms with van der Waals surface area (Å²) < 4.78 is 5.47. The predicted molar refractivity (Wildman–Crippen MR) is 80.7 cm³/mol. The highest BCUT2D eigenvalue weighted by Crippen LogP contribution is 2.22. The first-order valence-corrected chi connectivity index (χ1v) is 7.07. The molecule has 1 aromatic rings. The summed E-state index contributed by atoms with van der Waals surface area (Å²) in [5.41, 5.74) is 5.92. The van der Waals surface area contributed by atoms with Crippen molar-refractivity contribution in [1.82, 2.24) is 4.98 Å². The molecule has 1 aromatic heterocycles. The lowest BCUT2D eigenvalue weighted by molar-refractivity contribution is 0.326. The number of aromatic nitrogens is 1. The van der Waals surface area contributed by atoms with Crippen LogP contribution in [0.5, 0.6) is 5.88 Å². The summed E-state index contributed by atoms with van der Waals surface area (Å²) in [6.07, 6.45) is 1.08. The Labute approximate surface area is 117 Å². The predicted octanol–water partition coefficient (Wildman–Crippen LogP) is 2.68. The monoisotopic (exact) mass is 265 g/mol. The summed E-state index contributed by atoms with van der Waals surface area (Å²) in [5.74, 6) is 1.65. The lowest BCUT2D eigenvalue weighted by Crippen LogP contribution is -2.39. The minimum absolute atomic E-state index is 0.0818. The molecule has 0 unspecified atom stereocenters. The van der Waals surface area contributed by atoms with Crippen molar-refractivity contribution in [2.45, 2.75) is 34.1 Å². The molecule has 0 saturated carbocycles. The fourth-order valence-corrected chi connectivity index (χ4v) is 1.93. The zero-order chi connectivity index (χ0) is 14.3. The lowest BCUT2D eigenvalue weighted by atomic mass is 9.93. The van der Waals surface area contributed by atoms with Crippen LogP contribution in [0.2, 0.25) is 0 Å². The smallest absolute Gasteiger partial charge is 0.215 e. The quantitative estimate of drug-likeness (QED) is 0.785. The Morgan fingerprint density at radius 1 is 1.32 bits per heavy atom. The maximum atomic E-state index is 5.83. The standard InChI is InChI=1S/C15H27N3O/c1-5-10-18(12-15(3,4)11-16)13-8-7-9-14(17-13)19-6-2/h7-9H,5-6,10-12,16H2,1-4H3. The van der Waals surface area contributed by atoms with Gasteiger partial charge in [0.05, 0.1) is 6.61 Å². The fraction of sp³-hybridized carbons (Fsp3) is 0.667. The van der Waals surface area contributed by atoms with E-state index in [0.29, 0.717) is 19.0 Å². The number of nitrogens with zero attached hydrogens (tertiary/aromatic N) is 2. The van der Waals surface area contributed by atoms with Crippen molar-refractivity contribution in [3.8, 4) is 5.88 Å². The minimum atomic E-state index is 0.0818. The molecular formula is C15H27N3O. The summed E-state index contributed by atoms with van der Waals surface area (Å²) in [7, 11) is 0. The Bertz CT molecular complexity index is 379. The SMILES string of the molecule is CCCN(CC(C)(C)CN)c1cccc(OCC)n1. The molecule has 1 rings (SSSR count).